The Labute approximate surface area is 103 Å². The van der Waals surface area contributed by atoms with Gasteiger partial charge < -0.3 is 10.3 Å². The quantitative estimate of drug-likeness (QED) is 0.732. The number of nitrogens with one attached hydrogen (secondary N) is 2. The summed E-state index contributed by atoms with van der Waals surface area (Å²) in [6.45, 7) is 4.04. The molecule has 0 aromatic carbocycles. The van der Waals surface area contributed by atoms with Crippen LogP contribution in [0.3, 0.4) is 0 Å². The van der Waals surface area contributed by atoms with Crippen molar-refractivity contribution in [1.29, 1.82) is 0 Å². The van der Waals surface area contributed by atoms with Gasteiger partial charge in [0.05, 0.1) is 12.9 Å². The molecule has 1 saturated heterocycles. The first-order valence-electron chi connectivity index (χ1n) is 6.25. The summed E-state index contributed by atoms with van der Waals surface area (Å²) in [6, 6.07) is 0.645. The highest BCUT2D eigenvalue weighted by Crippen LogP contribution is 2.09. The second-order valence-corrected chi connectivity index (χ2v) is 4.54. The van der Waals surface area contributed by atoms with Crippen molar-refractivity contribution in [1.82, 2.24) is 20.2 Å². The van der Waals surface area contributed by atoms with E-state index in [4.69, 9.17) is 6.42 Å². The lowest BCUT2D eigenvalue weighted by atomic mass is 10.0. The molecule has 1 fully saturated rings. The SMILES string of the molecule is C#CCN1CCC(NCCc2cnc[nH]2)CC1. The average Bonchev–Trinajstić information content (AvgIpc) is 2.85. The lowest BCUT2D eigenvalue weighted by molar-refractivity contribution is 0.218. The summed E-state index contributed by atoms with van der Waals surface area (Å²) in [5, 5.41) is 3.60. The first-order chi connectivity index (χ1) is 8.38. The molecule has 17 heavy (non-hydrogen) atoms. The van der Waals surface area contributed by atoms with Crippen molar-refractivity contribution in [3.05, 3.63) is 18.2 Å². The number of terminal acetylenes is 1. The normalized spacial score (nSPS) is 18.1. The smallest absolute Gasteiger partial charge is 0.0921 e. The highest BCUT2D eigenvalue weighted by Gasteiger charge is 2.17. The van der Waals surface area contributed by atoms with E-state index < -0.39 is 0 Å². The fourth-order valence-electron chi connectivity index (χ4n) is 2.26. The van der Waals surface area contributed by atoms with Crippen molar-refractivity contribution in [3.63, 3.8) is 0 Å². The molecule has 0 unspecified atom stereocenters. The fraction of sp³-hybridized carbons (Fsp3) is 0.615. The molecule has 2 N–H and O–H groups in total. The van der Waals surface area contributed by atoms with E-state index in [-0.39, 0.29) is 0 Å². The second-order valence-electron chi connectivity index (χ2n) is 4.54. The van der Waals surface area contributed by atoms with Crippen LogP contribution in [0.5, 0.6) is 0 Å². The molecule has 92 valence electrons. The number of H-pyrrole nitrogens is 1. The zero-order chi connectivity index (χ0) is 11.9. The van der Waals surface area contributed by atoms with Crippen molar-refractivity contribution < 1.29 is 0 Å². The summed E-state index contributed by atoms with van der Waals surface area (Å²) in [7, 11) is 0. The van der Waals surface area contributed by atoms with Gasteiger partial charge in [0, 0.05) is 44.0 Å². The van der Waals surface area contributed by atoms with Crippen LogP contribution in [-0.2, 0) is 6.42 Å². The zero-order valence-corrected chi connectivity index (χ0v) is 10.2. The van der Waals surface area contributed by atoms with Crippen LogP contribution in [0.25, 0.3) is 0 Å². The van der Waals surface area contributed by atoms with Crippen LogP contribution in [0.15, 0.2) is 12.5 Å². The highest BCUT2D eigenvalue weighted by atomic mass is 15.1. The van der Waals surface area contributed by atoms with E-state index in [1.165, 1.54) is 18.5 Å². The standard InChI is InChI=1S/C13H20N4/c1-2-7-17-8-4-12(5-9-17)15-6-3-13-10-14-11-16-13/h1,10-12,15H,3-9H2,(H,14,16). The van der Waals surface area contributed by atoms with Crippen molar-refractivity contribution in [2.45, 2.75) is 25.3 Å². The first-order valence-corrected chi connectivity index (χ1v) is 6.25. The maximum Gasteiger partial charge on any atom is 0.0921 e. The molecule has 0 amide bonds. The van der Waals surface area contributed by atoms with Crippen molar-refractivity contribution >= 4 is 0 Å². The van der Waals surface area contributed by atoms with Crippen molar-refractivity contribution in [2.75, 3.05) is 26.2 Å². The molecule has 4 nitrogen and oxygen atoms in total. The second kappa shape index (κ2) is 6.43. The van der Waals surface area contributed by atoms with Gasteiger partial charge in [0.2, 0.25) is 0 Å². The molecule has 2 rings (SSSR count). The van der Waals surface area contributed by atoms with Crippen LogP contribution in [0.2, 0.25) is 0 Å². The summed E-state index contributed by atoms with van der Waals surface area (Å²) in [4.78, 5) is 9.47. The molecule has 0 saturated carbocycles. The Kier molecular flexibility index (Phi) is 4.60. The van der Waals surface area contributed by atoms with Crippen molar-refractivity contribution in [3.8, 4) is 12.3 Å². The predicted octanol–water partition coefficient (Wildman–Crippen LogP) is 0.639. The first kappa shape index (κ1) is 12.2. The minimum Gasteiger partial charge on any atom is -0.348 e. The summed E-state index contributed by atoms with van der Waals surface area (Å²) in [6.07, 6.45) is 12.3. The van der Waals surface area contributed by atoms with Gasteiger partial charge in [0.25, 0.3) is 0 Å². The fourth-order valence-corrected chi connectivity index (χ4v) is 2.26. The van der Waals surface area contributed by atoms with Gasteiger partial charge in [-0.3, -0.25) is 4.90 Å². The average molecular weight is 232 g/mol. The third-order valence-corrected chi connectivity index (χ3v) is 3.28. The highest BCUT2D eigenvalue weighted by molar-refractivity contribution is 4.95. The third kappa shape index (κ3) is 3.88. The van der Waals surface area contributed by atoms with Crippen LogP contribution in [0.1, 0.15) is 18.5 Å². The Morgan fingerprint density at radius 3 is 3.00 bits per heavy atom. The van der Waals surface area contributed by atoms with Crippen LogP contribution in [-0.4, -0.2) is 47.1 Å². The maximum atomic E-state index is 5.31. The van der Waals surface area contributed by atoms with E-state index in [1.54, 1.807) is 6.33 Å². The molecule has 4 heteroatoms. The minimum absolute atomic E-state index is 0.645. The van der Waals surface area contributed by atoms with Crippen molar-refractivity contribution in [2.24, 2.45) is 0 Å². The number of hydrogen-bond donors (Lipinski definition) is 2. The summed E-state index contributed by atoms with van der Waals surface area (Å²) in [5.74, 6) is 2.71. The van der Waals surface area contributed by atoms with Crippen LogP contribution < -0.4 is 5.32 Å². The zero-order valence-electron chi connectivity index (χ0n) is 10.2. The van der Waals surface area contributed by atoms with Gasteiger partial charge in [-0.2, -0.15) is 0 Å². The Morgan fingerprint density at radius 2 is 2.35 bits per heavy atom. The Bertz CT molecular complexity index is 344. The molecule has 0 atom stereocenters. The molecule has 0 spiro atoms. The third-order valence-electron chi connectivity index (χ3n) is 3.28. The number of rotatable bonds is 5. The van der Waals surface area contributed by atoms with Gasteiger partial charge in [0.15, 0.2) is 0 Å². The number of nitrogens with zero attached hydrogens (tertiary/aromatic N) is 2. The van der Waals surface area contributed by atoms with Gasteiger partial charge in [-0.05, 0) is 12.8 Å². The molecule has 0 radical (unpaired) electrons. The number of aromatic amines is 1. The molecular formula is C13H20N4. The van der Waals surface area contributed by atoms with Crippen LogP contribution in [0.4, 0.5) is 0 Å². The lowest BCUT2D eigenvalue weighted by Crippen LogP contribution is -2.43. The van der Waals surface area contributed by atoms with Gasteiger partial charge >= 0.3 is 0 Å². The number of aromatic nitrogens is 2. The Morgan fingerprint density at radius 1 is 1.53 bits per heavy atom. The van der Waals surface area contributed by atoms with E-state index >= 15 is 0 Å². The molecule has 1 aliphatic heterocycles. The molecule has 2 heterocycles. The topological polar surface area (TPSA) is 44.0 Å². The van der Waals surface area contributed by atoms with E-state index in [2.05, 4.69) is 26.1 Å². The summed E-state index contributed by atoms with van der Waals surface area (Å²) < 4.78 is 0. The van der Waals surface area contributed by atoms with Gasteiger partial charge in [0.1, 0.15) is 0 Å². The van der Waals surface area contributed by atoms with E-state index in [0.717, 1.165) is 32.6 Å². The number of hydrogen-bond acceptors (Lipinski definition) is 3. The largest absolute Gasteiger partial charge is 0.348 e. The van der Waals surface area contributed by atoms with Gasteiger partial charge in [-0.25, -0.2) is 4.98 Å². The van der Waals surface area contributed by atoms with Gasteiger partial charge in [-0.1, -0.05) is 5.92 Å². The molecular weight excluding hydrogens is 212 g/mol. The monoisotopic (exact) mass is 232 g/mol. The molecule has 1 aliphatic rings. The Hall–Kier alpha value is -1.31. The summed E-state index contributed by atoms with van der Waals surface area (Å²) in [5.41, 5.74) is 1.20. The summed E-state index contributed by atoms with van der Waals surface area (Å²) >= 11 is 0. The molecule has 0 aliphatic carbocycles. The molecule has 1 aromatic heterocycles. The molecule has 0 bridgehead atoms. The maximum absolute atomic E-state index is 5.31. The number of imidazole rings is 1. The van der Waals surface area contributed by atoms with E-state index in [9.17, 15) is 0 Å². The van der Waals surface area contributed by atoms with E-state index in [1.807, 2.05) is 6.20 Å². The van der Waals surface area contributed by atoms with Crippen LogP contribution in [0, 0.1) is 12.3 Å². The lowest BCUT2D eigenvalue weighted by Gasteiger charge is -2.31. The Balaban J connectivity index is 1.60. The van der Waals surface area contributed by atoms with Gasteiger partial charge in [-0.15, -0.1) is 6.42 Å². The minimum atomic E-state index is 0.645. The van der Waals surface area contributed by atoms with Crippen LogP contribution >= 0.6 is 0 Å². The number of likely N-dealkylation sites (tertiary alicyclic amines) is 1. The molecule has 1 aromatic rings. The number of piperidine rings is 1. The van der Waals surface area contributed by atoms with E-state index in [0.29, 0.717) is 6.04 Å². The predicted molar refractivity (Wildman–Crippen MR) is 68.6 cm³/mol.